The topological polar surface area (TPSA) is 117 Å². The van der Waals surface area contributed by atoms with E-state index in [2.05, 4.69) is 20.5 Å². The smallest absolute Gasteiger partial charge is 0.340 e. The van der Waals surface area contributed by atoms with Gasteiger partial charge in [0.2, 0.25) is 5.91 Å². The van der Waals surface area contributed by atoms with Gasteiger partial charge in [0.1, 0.15) is 5.82 Å². The lowest BCUT2D eigenvalue weighted by Crippen LogP contribution is -2.44. The molecule has 1 rings (SSSR count). The molecule has 102 valence electrons. The van der Waals surface area contributed by atoms with Crippen molar-refractivity contribution in [3.63, 3.8) is 0 Å². The van der Waals surface area contributed by atoms with Crippen LogP contribution in [-0.4, -0.2) is 33.7 Å². The van der Waals surface area contributed by atoms with E-state index in [0.717, 1.165) is 6.42 Å². The molecule has 0 aromatic carbocycles. The quantitative estimate of drug-likeness (QED) is 0.492. The number of nitrogens with one attached hydrogen (secondary N) is 3. The Labute approximate surface area is 106 Å². The highest BCUT2D eigenvalue weighted by molar-refractivity contribution is 5.81. The molecule has 0 aliphatic rings. The van der Waals surface area contributed by atoms with Crippen molar-refractivity contribution in [1.82, 2.24) is 20.5 Å². The van der Waals surface area contributed by atoms with Crippen LogP contribution in [0.2, 0.25) is 0 Å². The maximum Gasteiger partial charge on any atom is 0.340 e. The molecule has 0 aliphatic carbocycles. The van der Waals surface area contributed by atoms with Gasteiger partial charge in [-0.2, -0.15) is 5.10 Å². The first kappa shape index (κ1) is 14.4. The molecule has 0 spiro atoms. The van der Waals surface area contributed by atoms with Crippen molar-refractivity contribution in [3.05, 3.63) is 16.3 Å². The summed E-state index contributed by atoms with van der Waals surface area (Å²) in [5, 5.41) is 8.85. The van der Waals surface area contributed by atoms with Crippen molar-refractivity contribution in [2.75, 3.05) is 6.54 Å². The van der Waals surface area contributed by atoms with Crippen molar-refractivity contribution in [3.8, 4) is 0 Å². The van der Waals surface area contributed by atoms with Crippen molar-refractivity contribution in [2.45, 2.75) is 39.2 Å². The second kappa shape index (κ2) is 6.95. The molecule has 1 heterocycles. The van der Waals surface area contributed by atoms with Crippen molar-refractivity contribution in [1.29, 1.82) is 0 Å². The van der Waals surface area contributed by atoms with E-state index in [9.17, 15) is 9.59 Å². The molecule has 0 bridgehead atoms. The van der Waals surface area contributed by atoms with Crippen LogP contribution in [0.3, 0.4) is 0 Å². The summed E-state index contributed by atoms with van der Waals surface area (Å²) in [6, 6.07) is -0.458. The van der Waals surface area contributed by atoms with E-state index in [4.69, 9.17) is 5.73 Å². The fourth-order valence-corrected chi connectivity index (χ4v) is 1.52. The third-order valence-corrected chi connectivity index (χ3v) is 3.00. The van der Waals surface area contributed by atoms with Crippen LogP contribution in [-0.2, 0) is 11.2 Å². The van der Waals surface area contributed by atoms with Crippen molar-refractivity contribution in [2.24, 2.45) is 11.7 Å². The van der Waals surface area contributed by atoms with E-state index >= 15 is 0 Å². The number of hydrogen-bond donors (Lipinski definition) is 4. The second-order valence-electron chi connectivity index (χ2n) is 4.43. The second-order valence-corrected chi connectivity index (χ2v) is 4.43. The van der Waals surface area contributed by atoms with Crippen molar-refractivity contribution >= 4 is 5.91 Å². The van der Waals surface area contributed by atoms with E-state index in [1.165, 1.54) is 0 Å². The van der Waals surface area contributed by atoms with Crippen LogP contribution < -0.4 is 16.7 Å². The highest BCUT2D eigenvalue weighted by Gasteiger charge is 2.18. The molecule has 1 amide bonds. The predicted molar refractivity (Wildman–Crippen MR) is 68.0 cm³/mol. The first-order valence-electron chi connectivity index (χ1n) is 6.21. The first-order valence-corrected chi connectivity index (χ1v) is 6.21. The molecule has 0 radical (unpaired) electrons. The minimum Gasteiger partial charge on any atom is -0.355 e. The lowest BCUT2D eigenvalue weighted by atomic mass is 9.99. The highest BCUT2D eigenvalue weighted by Crippen LogP contribution is 2.04. The van der Waals surface area contributed by atoms with E-state index in [1.807, 2.05) is 13.8 Å². The molecule has 2 atom stereocenters. The van der Waals surface area contributed by atoms with E-state index < -0.39 is 6.04 Å². The molecule has 1 aromatic rings. The molecule has 7 nitrogen and oxygen atoms in total. The fraction of sp³-hybridized carbons (Fsp3) is 0.727. The largest absolute Gasteiger partial charge is 0.355 e. The number of carbonyl (C=O) groups excluding carboxylic acids is 1. The van der Waals surface area contributed by atoms with Gasteiger partial charge in [0.05, 0.1) is 6.04 Å². The van der Waals surface area contributed by atoms with Crippen LogP contribution in [0.15, 0.2) is 4.79 Å². The molecule has 0 aliphatic heterocycles. The number of aromatic nitrogens is 3. The first-order chi connectivity index (χ1) is 8.54. The van der Waals surface area contributed by atoms with Crippen LogP contribution >= 0.6 is 0 Å². The molecule has 5 N–H and O–H groups in total. The third-order valence-electron chi connectivity index (χ3n) is 3.00. The lowest BCUT2D eigenvalue weighted by molar-refractivity contribution is -0.123. The van der Waals surface area contributed by atoms with Gasteiger partial charge in [0.25, 0.3) is 0 Å². The van der Waals surface area contributed by atoms with Crippen LogP contribution in [0.1, 0.15) is 32.5 Å². The summed E-state index contributed by atoms with van der Waals surface area (Å²) in [6.07, 6.45) is 2.19. The van der Waals surface area contributed by atoms with E-state index in [-0.39, 0.29) is 17.5 Å². The Morgan fingerprint density at radius 2 is 2.28 bits per heavy atom. The molecule has 18 heavy (non-hydrogen) atoms. The molecule has 2 unspecified atom stereocenters. The summed E-state index contributed by atoms with van der Waals surface area (Å²) >= 11 is 0. The van der Waals surface area contributed by atoms with Gasteiger partial charge in [-0.3, -0.25) is 9.78 Å². The standard InChI is InChI=1S/C11H21N5O2/c1-3-7(2)9(12)10(17)13-6-4-5-8-14-11(18)16-15-8/h7,9H,3-6,12H2,1-2H3,(H,13,17)(H2,14,15,16,18). The minimum absolute atomic E-state index is 0.125. The van der Waals surface area contributed by atoms with Gasteiger partial charge >= 0.3 is 5.69 Å². The summed E-state index contributed by atoms with van der Waals surface area (Å²) in [7, 11) is 0. The molecular formula is C11H21N5O2. The van der Waals surface area contributed by atoms with E-state index in [0.29, 0.717) is 25.2 Å². The maximum absolute atomic E-state index is 11.6. The lowest BCUT2D eigenvalue weighted by Gasteiger charge is -2.17. The van der Waals surface area contributed by atoms with Crippen LogP contribution in [0.4, 0.5) is 0 Å². The normalized spacial score (nSPS) is 14.2. The Balaban J connectivity index is 2.21. The fourth-order valence-electron chi connectivity index (χ4n) is 1.52. The van der Waals surface area contributed by atoms with Crippen molar-refractivity contribution < 1.29 is 4.79 Å². The number of amides is 1. The number of nitrogens with zero attached hydrogens (tertiary/aromatic N) is 1. The SMILES string of the molecule is CCC(C)C(N)C(=O)NCCCc1n[nH]c(=O)[nH]1. The predicted octanol–water partition coefficient (Wildman–Crippen LogP) is -0.480. The molecular weight excluding hydrogens is 234 g/mol. The number of hydrogen-bond acceptors (Lipinski definition) is 4. The number of rotatable bonds is 7. The Kier molecular flexibility index (Phi) is 5.57. The van der Waals surface area contributed by atoms with Gasteiger partial charge in [-0.1, -0.05) is 20.3 Å². The molecule has 7 heteroatoms. The number of aromatic amines is 2. The Hall–Kier alpha value is -1.63. The summed E-state index contributed by atoms with van der Waals surface area (Å²) in [4.78, 5) is 25.0. The Morgan fingerprint density at radius 1 is 1.56 bits per heavy atom. The Morgan fingerprint density at radius 3 is 2.83 bits per heavy atom. The summed E-state index contributed by atoms with van der Waals surface area (Å²) in [5.41, 5.74) is 5.48. The summed E-state index contributed by atoms with van der Waals surface area (Å²) in [5.74, 6) is 0.646. The number of carbonyl (C=O) groups is 1. The number of nitrogens with two attached hydrogens (primary N) is 1. The molecule has 0 saturated carbocycles. The average molecular weight is 255 g/mol. The van der Waals surface area contributed by atoms with Gasteiger partial charge in [-0.15, -0.1) is 0 Å². The van der Waals surface area contributed by atoms with Crippen LogP contribution in [0.25, 0.3) is 0 Å². The Bertz CT molecular complexity index is 425. The minimum atomic E-state index is -0.458. The molecule has 0 fully saturated rings. The van der Waals surface area contributed by atoms with Gasteiger partial charge in [-0.05, 0) is 12.3 Å². The zero-order valence-corrected chi connectivity index (χ0v) is 10.8. The third kappa shape index (κ3) is 4.33. The summed E-state index contributed by atoms with van der Waals surface area (Å²) in [6.45, 7) is 4.49. The zero-order valence-electron chi connectivity index (χ0n) is 10.8. The van der Waals surface area contributed by atoms with Gasteiger partial charge < -0.3 is 11.1 Å². The average Bonchev–Trinajstić information content (AvgIpc) is 2.78. The van der Waals surface area contributed by atoms with Crippen LogP contribution in [0.5, 0.6) is 0 Å². The zero-order chi connectivity index (χ0) is 13.5. The molecule has 1 aromatic heterocycles. The van der Waals surface area contributed by atoms with Crippen LogP contribution in [0, 0.1) is 5.92 Å². The summed E-state index contributed by atoms with van der Waals surface area (Å²) < 4.78 is 0. The van der Waals surface area contributed by atoms with Gasteiger partial charge in [0.15, 0.2) is 0 Å². The maximum atomic E-state index is 11.6. The number of H-pyrrole nitrogens is 2. The molecule has 0 saturated heterocycles. The number of aryl methyl sites for hydroxylation is 1. The van der Waals surface area contributed by atoms with Gasteiger partial charge in [0, 0.05) is 13.0 Å². The highest BCUT2D eigenvalue weighted by atomic mass is 16.2. The monoisotopic (exact) mass is 255 g/mol. The van der Waals surface area contributed by atoms with Gasteiger partial charge in [-0.25, -0.2) is 9.89 Å². The van der Waals surface area contributed by atoms with E-state index in [1.54, 1.807) is 0 Å².